The number of amides is 1. The Morgan fingerprint density at radius 2 is 2.15 bits per heavy atom. The van der Waals surface area contributed by atoms with Gasteiger partial charge in [0, 0.05) is 26.7 Å². The van der Waals surface area contributed by atoms with Gasteiger partial charge in [0.25, 0.3) is 5.91 Å². The molecule has 1 fully saturated rings. The van der Waals surface area contributed by atoms with Gasteiger partial charge in [0.1, 0.15) is 11.6 Å². The Morgan fingerprint density at radius 3 is 2.88 bits per heavy atom. The van der Waals surface area contributed by atoms with Crippen molar-refractivity contribution in [2.45, 2.75) is 26.2 Å². The minimum absolute atomic E-state index is 0.0136. The summed E-state index contributed by atoms with van der Waals surface area (Å²) < 4.78 is 19.0. The van der Waals surface area contributed by atoms with Gasteiger partial charge in [0.05, 0.1) is 11.8 Å². The number of carbonyl (C=O) groups excluding carboxylic acids is 1. The molecule has 0 unspecified atom stereocenters. The summed E-state index contributed by atoms with van der Waals surface area (Å²) in [5.74, 6) is 1.00. The summed E-state index contributed by atoms with van der Waals surface area (Å²) in [6.07, 6.45) is 4.52. The van der Waals surface area contributed by atoms with Crippen molar-refractivity contribution in [3.63, 3.8) is 0 Å². The highest BCUT2D eigenvalue weighted by atomic mass is 19.1. The van der Waals surface area contributed by atoms with Crippen molar-refractivity contribution in [2.75, 3.05) is 33.2 Å². The Bertz CT molecular complexity index is 743. The van der Waals surface area contributed by atoms with Crippen molar-refractivity contribution in [3.05, 3.63) is 59.3 Å². The molecule has 0 bridgehead atoms. The minimum Gasteiger partial charge on any atom is -0.469 e. The zero-order valence-electron chi connectivity index (χ0n) is 15.6. The molecule has 0 radical (unpaired) electrons. The van der Waals surface area contributed by atoms with E-state index in [1.807, 2.05) is 26.1 Å². The van der Waals surface area contributed by atoms with E-state index in [2.05, 4.69) is 4.90 Å². The van der Waals surface area contributed by atoms with E-state index < -0.39 is 0 Å². The lowest BCUT2D eigenvalue weighted by molar-refractivity contribution is 0.0728. The maximum absolute atomic E-state index is 13.8. The molecule has 0 N–H and O–H groups in total. The van der Waals surface area contributed by atoms with Gasteiger partial charge in [0.15, 0.2) is 0 Å². The number of hydrogen-bond donors (Lipinski definition) is 0. The van der Waals surface area contributed by atoms with Crippen LogP contribution >= 0.6 is 0 Å². The van der Waals surface area contributed by atoms with E-state index in [1.165, 1.54) is 6.07 Å². The maximum atomic E-state index is 13.8. The second-order valence-electron chi connectivity index (χ2n) is 7.23. The van der Waals surface area contributed by atoms with E-state index in [1.54, 1.807) is 23.3 Å². The second-order valence-corrected chi connectivity index (χ2v) is 7.23. The van der Waals surface area contributed by atoms with Crippen LogP contribution in [0, 0.1) is 18.7 Å². The number of rotatable bonds is 6. The van der Waals surface area contributed by atoms with E-state index in [4.69, 9.17) is 4.42 Å². The Morgan fingerprint density at radius 1 is 1.35 bits per heavy atom. The van der Waals surface area contributed by atoms with Gasteiger partial charge in [-0.15, -0.1) is 0 Å². The van der Waals surface area contributed by atoms with E-state index >= 15 is 0 Å². The summed E-state index contributed by atoms with van der Waals surface area (Å²) in [4.78, 5) is 16.7. The molecule has 4 nitrogen and oxygen atoms in total. The number of nitrogens with zero attached hydrogens (tertiary/aromatic N) is 2. The smallest absolute Gasteiger partial charge is 0.257 e. The van der Waals surface area contributed by atoms with Crippen LogP contribution in [0.3, 0.4) is 0 Å². The molecular formula is C21H27FN2O2. The van der Waals surface area contributed by atoms with Gasteiger partial charge >= 0.3 is 0 Å². The zero-order chi connectivity index (χ0) is 18.5. The third kappa shape index (κ3) is 4.52. The fourth-order valence-electron chi connectivity index (χ4n) is 3.77. The standard InChI is InChI=1S/C21H27FN2O2/c1-16-19(10-13-26-16)21(25)23(2)14-17-6-5-11-24(15-17)12-9-18-7-3-4-8-20(18)22/h3-4,7-8,10,13,17H,5-6,9,11-12,14-15H2,1-2H3/t17-/m0/s1. The van der Waals surface area contributed by atoms with Crippen molar-refractivity contribution in [3.8, 4) is 0 Å². The van der Waals surface area contributed by atoms with Gasteiger partial charge < -0.3 is 14.2 Å². The Balaban J connectivity index is 1.51. The predicted molar refractivity (Wildman–Crippen MR) is 99.7 cm³/mol. The molecule has 0 saturated carbocycles. The van der Waals surface area contributed by atoms with Gasteiger partial charge in [-0.3, -0.25) is 4.79 Å². The minimum atomic E-state index is -0.123. The molecule has 1 amide bonds. The lowest BCUT2D eigenvalue weighted by atomic mass is 9.96. The number of furan rings is 1. The summed E-state index contributed by atoms with van der Waals surface area (Å²) in [7, 11) is 1.85. The molecule has 1 aromatic carbocycles. The number of carbonyl (C=O) groups is 1. The van der Waals surface area contributed by atoms with Crippen LogP contribution in [-0.2, 0) is 6.42 Å². The number of hydrogen-bond acceptors (Lipinski definition) is 3. The van der Waals surface area contributed by atoms with Crippen LogP contribution in [0.1, 0.15) is 34.5 Å². The summed E-state index contributed by atoms with van der Waals surface area (Å²) in [5.41, 5.74) is 1.41. The Hall–Kier alpha value is -2.14. The quantitative estimate of drug-likeness (QED) is 0.789. The fraction of sp³-hybridized carbons (Fsp3) is 0.476. The highest BCUT2D eigenvalue weighted by Gasteiger charge is 2.24. The number of aryl methyl sites for hydroxylation is 1. The molecule has 3 rings (SSSR count). The molecule has 1 aliphatic rings. The molecular weight excluding hydrogens is 331 g/mol. The van der Waals surface area contributed by atoms with E-state index in [0.717, 1.165) is 51.0 Å². The average molecular weight is 358 g/mol. The first-order valence-electron chi connectivity index (χ1n) is 9.30. The summed E-state index contributed by atoms with van der Waals surface area (Å²) in [5, 5.41) is 0. The van der Waals surface area contributed by atoms with Gasteiger partial charge in [-0.2, -0.15) is 0 Å². The molecule has 140 valence electrons. The van der Waals surface area contributed by atoms with Crippen LogP contribution < -0.4 is 0 Å². The van der Waals surface area contributed by atoms with Gasteiger partial charge in [0.2, 0.25) is 0 Å². The lowest BCUT2D eigenvalue weighted by Gasteiger charge is -2.34. The predicted octanol–water partition coefficient (Wildman–Crippen LogP) is 3.75. The highest BCUT2D eigenvalue weighted by Crippen LogP contribution is 2.20. The van der Waals surface area contributed by atoms with E-state index in [0.29, 0.717) is 17.2 Å². The van der Waals surface area contributed by atoms with Gasteiger partial charge in [-0.25, -0.2) is 4.39 Å². The van der Waals surface area contributed by atoms with Gasteiger partial charge in [-0.1, -0.05) is 18.2 Å². The number of benzene rings is 1. The van der Waals surface area contributed by atoms with Crippen molar-refractivity contribution in [1.82, 2.24) is 9.80 Å². The van der Waals surface area contributed by atoms with Crippen LogP contribution in [0.4, 0.5) is 4.39 Å². The van der Waals surface area contributed by atoms with Crippen LogP contribution in [0.2, 0.25) is 0 Å². The Kier molecular flexibility index (Phi) is 6.09. The van der Waals surface area contributed by atoms with Crippen LogP contribution in [0.15, 0.2) is 41.0 Å². The van der Waals surface area contributed by atoms with Crippen molar-refractivity contribution >= 4 is 5.91 Å². The van der Waals surface area contributed by atoms with Crippen molar-refractivity contribution in [1.29, 1.82) is 0 Å². The third-order valence-corrected chi connectivity index (χ3v) is 5.23. The highest BCUT2D eigenvalue weighted by molar-refractivity contribution is 5.94. The molecule has 5 heteroatoms. The fourth-order valence-corrected chi connectivity index (χ4v) is 3.77. The first-order chi connectivity index (χ1) is 12.5. The SMILES string of the molecule is Cc1occc1C(=O)N(C)C[C@@H]1CCCN(CCc2ccccc2F)C1. The average Bonchev–Trinajstić information content (AvgIpc) is 3.06. The van der Waals surface area contributed by atoms with Crippen LogP contribution in [0.25, 0.3) is 0 Å². The monoisotopic (exact) mass is 358 g/mol. The first kappa shape index (κ1) is 18.6. The molecule has 2 aromatic rings. The number of likely N-dealkylation sites (tertiary alicyclic amines) is 1. The largest absolute Gasteiger partial charge is 0.469 e. The lowest BCUT2D eigenvalue weighted by Crippen LogP contribution is -2.42. The summed E-state index contributed by atoms with van der Waals surface area (Å²) in [6.45, 7) is 5.40. The molecule has 0 aliphatic carbocycles. The normalized spacial score (nSPS) is 18.0. The molecule has 1 aromatic heterocycles. The third-order valence-electron chi connectivity index (χ3n) is 5.23. The van der Waals surface area contributed by atoms with E-state index in [-0.39, 0.29) is 11.7 Å². The number of piperidine rings is 1. The van der Waals surface area contributed by atoms with Gasteiger partial charge in [-0.05, 0) is 56.3 Å². The number of halogens is 1. The molecule has 1 atom stereocenters. The molecule has 0 spiro atoms. The molecule has 1 aliphatic heterocycles. The zero-order valence-corrected chi connectivity index (χ0v) is 15.6. The van der Waals surface area contributed by atoms with Crippen LogP contribution in [-0.4, -0.2) is 48.9 Å². The first-order valence-corrected chi connectivity index (χ1v) is 9.30. The van der Waals surface area contributed by atoms with Crippen molar-refractivity contribution < 1.29 is 13.6 Å². The van der Waals surface area contributed by atoms with Crippen molar-refractivity contribution in [2.24, 2.45) is 5.92 Å². The maximum Gasteiger partial charge on any atom is 0.257 e. The summed E-state index contributed by atoms with van der Waals surface area (Å²) >= 11 is 0. The molecule has 26 heavy (non-hydrogen) atoms. The Labute approximate surface area is 154 Å². The summed E-state index contributed by atoms with van der Waals surface area (Å²) in [6, 6.07) is 8.72. The molecule has 1 saturated heterocycles. The van der Waals surface area contributed by atoms with E-state index in [9.17, 15) is 9.18 Å². The second kappa shape index (κ2) is 8.49. The molecule has 2 heterocycles. The topological polar surface area (TPSA) is 36.7 Å². The van der Waals surface area contributed by atoms with Crippen LogP contribution in [0.5, 0.6) is 0 Å².